The van der Waals surface area contributed by atoms with Crippen molar-refractivity contribution in [2.24, 2.45) is 11.5 Å². The van der Waals surface area contributed by atoms with E-state index in [9.17, 15) is 60.0 Å². The average molecular weight is 645 g/mol. The third-order valence-corrected chi connectivity index (χ3v) is 6.98. The first-order valence-electron chi connectivity index (χ1n) is 13.5. The smallest absolute Gasteiger partial charge is 0.336 e. The monoisotopic (exact) mass is 644 g/mol. The number of hydrogen-bond donors (Lipinski definition) is 11. The Morgan fingerprint density at radius 3 is 1.93 bits per heavy atom. The van der Waals surface area contributed by atoms with E-state index in [0.29, 0.717) is 19.4 Å². The number of carboxylic acid groups (broad SMARTS) is 2. The van der Waals surface area contributed by atoms with Gasteiger partial charge in [-0.1, -0.05) is 6.42 Å². The second-order valence-corrected chi connectivity index (χ2v) is 10.4. The van der Waals surface area contributed by atoms with Crippen molar-refractivity contribution >= 4 is 23.9 Å². The molecule has 2 heterocycles. The van der Waals surface area contributed by atoms with Gasteiger partial charge >= 0.3 is 23.9 Å². The molecule has 254 valence electrons. The topological polar surface area (TPSA) is 349 Å². The lowest BCUT2D eigenvalue weighted by atomic mass is 9.95. The molecule has 0 aromatic heterocycles. The highest BCUT2D eigenvalue weighted by atomic mass is 16.8. The van der Waals surface area contributed by atoms with Crippen molar-refractivity contribution in [1.29, 1.82) is 0 Å². The minimum Gasteiger partial charge on any atom is -0.481 e. The number of carboxylic acids is 2. The summed E-state index contributed by atoms with van der Waals surface area (Å²) in [5.74, 6) is -6.56. The Morgan fingerprint density at radius 1 is 0.795 bits per heavy atom. The van der Waals surface area contributed by atoms with Crippen LogP contribution in [0.2, 0.25) is 0 Å². The number of ether oxygens (including phenoxy) is 5. The molecule has 0 amide bonds. The van der Waals surface area contributed by atoms with Gasteiger partial charge in [0.25, 0.3) is 0 Å². The van der Waals surface area contributed by atoms with E-state index < -0.39 is 123 Å². The fourth-order valence-electron chi connectivity index (χ4n) is 4.49. The molecule has 0 spiro atoms. The third-order valence-electron chi connectivity index (χ3n) is 6.98. The molecule has 13 N–H and O–H groups in total. The summed E-state index contributed by atoms with van der Waals surface area (Å²) in [4.78, 5) is 48.1. The van der Waals surface area contributed by atoms with E-state index in [0.717, 1.165) is 0 Å². The van der Waals surface area contributed by atoms with E-state index >= 15 is 0 Å². The predicted octanol–water partition coefficient (Wildman–Crippen LogP) is -6.16. The summed E-state index contributed by atoms with van der Waals surface area (Å²) in [6.07, 6.45) is -20.6. The summed E-state index contributed by atoms with van der Waals surface area (Å²) in [7, 11) is 0. The van der Waals surface area contributed by atoms with Gasteiger partial charge < -0.3 is 81.1 Å². The molecule has 2 rings (SSSR count). The largest absolute Gasteiger partial charge is 0.481 e. The molecule has 1 unspecified atom stereocenters. The van der Waals surface area contributed by atoms with E-state index in [-0.39, 0.29) is 6.42 Å². The normalized spacial score (nSPS) is 34.4. The number of aliphatic hydroxyl groups is 7. The Balaban J connectivity index is 2.36. The predicted molar refractivity (Wildman–Crippen MR) is 137 cm³/mol. The lowest BCUT2D eigenvalue weighted by Crippen LogP contribution is -2.65. The standard InChI is InChI=1S/C24H40N2O18/c25-4-2-1-3-9(26)20(36)43-18-11(8-28)41-22(44-21-16(34)15(33)14(32)10(7-27)40-21)17(35)19(18)42-13(31)6-24(39,23(37)38)5-12(29)30/h9-11,14-19,21-22,27-28,32-35,39H,1-8,25-26H2,(H,29,30)(H,37,38)/t9-,10+,11+,14+,15-,16+,17+,18+,19+,21+,22+,24?/m0/s1. The third kappa shape index (κ3) is 9.45. The van der Waals surface area contributed by atoms with Crippen molar-refractivity contribution in [3.63, 3.8) is 0 Å². The Labute approximate surface area is 249 Å². The fourth-order valence-corrected chi connectivity index (χ4v) is 4.49. The molecular formula is C24H40N2O18. The molecule has 0 bridgehead atoms. The van der Waals surface area contributed by atoms with Crippen LogP contribution in [0.4, 0.5) is 0 Å². The summed E-state index contributed by atoms with van der Waals surface area (Å²) in [5, 5.41) is 89.3. The second-order valence-electron chi connectivity index (χ2n) is 10.4. The highest BCUT2D eigenvalue weighted by Crippen LogP contribution is 2.31. The zero-order valence-corrected chi connectivity index (χ0v) is 23.4. The molecule has 44 heavy (non-hydrogen) atoms. The molecule has 2 fully saturated rings. The van der Waals surface area contributed by atoms with Crippen LogP contribution < -0.4 is 11.5 Å². The van der Waals surface area contributed by atoms with Crippen molar-refractivity contribution in [1.82, 2.24) is 0 Å². The highest BCUT2D eigenvalue weighted by molar-refractivity contribution is 5.88. The van der Waals surface area contributed by atoms with Gasteiger partial charge in [0.2, 0.25) is 0 Å². The van der Waals surface area contributed by atoms with Gasteiger partial charge in [-0.25, -0.2) is 4.79 Å². The number of hydrogen-bond acceptors (Lipinski definition) is 18. The molecule has 2 saturated heterocycles. The van der Waals surface area contributed by atoms with Crippen LogP contribution in [0.3, 0.4) is 0 Å². The number of nitrogens with two attached hydrogens (primary N) is 2. The molecule has 12 atom stereocenters. The first-order chi connectivity index (χ1) is 20.6. The van der Waals surface area contributed by atoms with Crippen LogP contribution in [0.5, 0.6) is 0 Å². The van der Waals surface area contributed by atoms with Crippen LogP contribution in [0.25, 0.3) is 0 Å². The minimum atomic E-state index is -3.15. The van der Waals surface area contributed by atoms with Crippen molar-refractivity contribution in [3.05, 3.63) is 0 Å². The molecule has 2 aliphatic heterocycles. The molecule has 2 aliphatic rings. The van der Waals surface area contributed by atoms with Gasteiger partial charge in [-0.15, -0.1) is 0 Å². The quantitative estimate of drug-likeness (QED) is 0.0549. The van der Waals surface area contributed by atoms with Gasteiger partial charge in [-0.3, -0.25) is 14.4 Å². The fraction of sp³-hybridized carbons (Fsp3) is 0.833. The van der Waals surface area contributed by atoms with Gasteiger partial charge in [0, 0.05) is 0 Å². The van der Waals surface area contributed by atoms with Gasteiger partial charge in [0.05, 0.1) is 26.1 Å². The van der Waals surface area contributed by atoms with Crippen LogP contribution in [-0.4, -0.2) is 163 Å². The summed E-state index contributed by atoms with van der Waals surface area (Å²) in [5.41, 5.74) is 8.12. The number of carbonyl (C=O) groups excluding carboxylic acids is 2. The van der Waals surface area contributed by atoms with E-state index in [1.807, 2.05) is 0 Å². The maximum atomic E-state index is 12.8. The van der Waals surface area contributed by atoms with Crippen LogP contribution in [-0.2, 0) is 42.9 Å². The molecule has 0 radical (unpaired) electrons. The molecule has 20 nitrogen and oxygen atoms in total. The van der Waals surface area contributed by atoms with E-state index in [2.05, 4.69) is 0 Å². The van der Waals surface area contributed by atoms with E-state index in [1.54, 1.807) is 0 Å². The average Bonchev–Trinajstić information content (AvgIpc) is 2.95. The van der Waals surface area contributed by atoms with E-state index in [1.165, 1.54) is 0 Å². The van der Waals surface area contributed by atoms with Crippen molar-refractivity contribution in [3.8, 4) is 0 Å². The Morgan fingerprint density at radius 2 is 1.39 bits per heavy atom. The maximum absolute atomic E-state index is 12.8. The molecule has 0 aromatic carbocycles. The van der Waals surface area contributed by atoms with Gasteiger partial charge in [0.1, 0.15) is 42.7 Å². The summed E-state index contributed by atoms with van der Waals surface area (Å²) < 4.78 is 26.5. The molecule has 20 heteroatoms. The zero-order valence-electron chi connectivity index (χ0n) is 23.4. The Kier molecular flexibility index (Phi) is 14.2. The zero-order chi connectivity index (χ0) is 33.4. The van der Waals surface area contributed by atoms with Crippen LogP contribution in [0, 0.1) is 0 Å². The second kappa shape index (κ2) is 16.6. The van der Waals surface area contributed by atoms with Crippen LogP contribution in [0.15, 0.2) is 0 Å². The first-order valence-corrected chi connectivity index (χ1v) is 13.5. The van der Waals surface area contributed by atoms with Gasteiger partial charge in [-0.05, 0) is 19.4 Å². The Hall–Kier alpha value is -2.60. The maximum Gasteiger partial charge on any atom is 0.336 e. The molecule has 0 aliphatic carbocycles. The summed E-state index contributed by atoms with van der Waals surface area (Å²) >= 11 is 0. The van der Waals surface area contributed by atoms with Crippen LogP contribution in [0.1, 0.15) is 32.1 Å². The van der Waals surface area contributed by atoms with Gasteiger partial charge in [-0.2, -0.15) is 0 Å². The lowest BCUT2D eigenvalue weighted by Gasteiger charge is -2.46. The number of carbonyl (C=O) groups is 4. The summed E-state index contributed by atoms with van der Waals surface area (Å²) in [6, 6.07) is -1.25. The van der Waals surface area contributed by atoms with Crippen molar-refractivity contribution in [2.75, 3.05) is 19.8 Å². The number of unbranched alkanes of at least 4 members (excludes halogenated alkanes) is 1. The molecular weight excluding hydrogens is 604 g/mol. The molecule has 0 aromatic rings. The summed E-state index contributed by atoms with van der Waals surface area (Å²) in [6.45, 7) is -1.52. The van der Waals surface area contributed by atoms with E-state index in [4.69, 9.17) is 40.3 Å². The minimum absolute atomic E-state index is 0.101. The Bertz CT molecular complexity index is 985. The molecule has 0 saturated carbocycles. The SMILES string of the molecule is NCCCC[C@H](N)C(=O)O[C@H]1[C@H](OC(=O)CC(O)(CC(=O)O)C(=O)O)[C@@H](O)[C@@H](O[C@H]2O[C@H](CO)[C@@H](O)[C@H](O)[C@H]2O)O[C@@H]1CO. The van der Waals surface area contributed by atoms with Crippen molar-refractivity contribution < 1.29 is 88.8 Å². The van der Waals surface area contributed by atoms with Crippen molar-refractivity contribution in [2.45, 2.75) is 105 Å². The first kappa shape index (κ1) is 37.6. The number of esters is 2. The number of rotatable bonds is 16. The lowest BCUT2D eigenvalue weighted by molar-refractivity contribution is -0.376. The number of aliphatic hydroxyl groups excluding tert-OH is 6. The highest BCUT2D eigenvalue weighted by Gasteiger charge is 2.54. The van der Waals surface area contributed by atoms with Crippen LogP contribution >= 0.6 is 0 Å². The van der Waals surface area contributed by atoms with Gasteiger partial charge in [0.15, 0.2) is 30.4 Å². The number of aliphatic carboxylic acids is 2.